The van der Waals surface area contributed by atoms with Crippen molar-refractivity contribution in [1.82, 2.24) is 4.98 Å². The third-order valence-electron chi connectivity index (χ3n) is 3.98. The van der Waals surface area contributed by atoms with Gasteiger partial charge < -0.3 is 0 Å². The summed E-state index contributed by atoms with van der Waals surface area (Å²) in [6.07, 6.45) is 0. The molecule has 0 saturated carbocycles. The molecule has 2 rings (SSSR count). The molecule has 6 heteroatoms. The topological polar surface area (TPSA) is 64.1 Å². The molecule has 0 aliphatic rings. The molecule has 0 aliphatic carbocycles. The van der Waals surface area contributed by atoms with Crippen LogP contribution in [0.25, 0.3) is 0 Å². The third-order valence-corrected chi connectivity index (χ3v) is 5.59. The van der Waals surface area contributed by atoms with Gasteiger partial charge in [0, 0.05) is 10.4 Å². The lowest BCUT2D eigenvalue weighted by atomic mass is 9.79. The number of carbonyl (C=O) groups is 3. The van der Waals surface area contributed by atoms with Crippen molar-refractivity contribution < 1.29 is 14.4 Å². The van der Waals surface area contributed by atoms with Crippen molar-refractivity contribution in [1.29, 1.82) is 0 Å². The molecular weight excluding hydrogens is 346 g/mol. The Hall–Kier alpha value is -1.85. The molecule has 0 N–H and O–H groups in total. The second-order valence-electron chi connectivity index (χ2n) is 6.12. The van der Waals surface area contributed by atoms with Crippen LogP contribution in [0.2, 0.25) is 0 Å². The summed E-state index contributed by atoms with van der Waals surface area (Å²) in [5.41, 5.74) is -0.299. The molecule has 1 unspecified atom stereocenters. The zero-order valence-electron chi connectivity index (χ0n) is 13.9. The third kappa shape index (κ3) is 3.47. The molecule has 0 saturated heterocycles. The van der Waals surface area contributed by atoms with Gasteiger partial charge in [0.2, 0.25) is 5.24 Å². The Morgan fingerprint density at radius 1 is 1.12 bits per heavy atom. The fourth-order valence-electron chi connectivity index (χ4n) is 2.19. The second-order valence-corrected chi connectivity index (χ2v) is 7.70. The zero-order chi connectivity index (χ0) is 18.1. The van der Waals surface area contributed by atoms with E-state index in [2.05, 4.69) is 4.98 Å². The van der Waals surface area contributed by atoms with Crippen LogP contribution >= 0.6 is 22.9 Å². The van der Waals surface area contributed by atoms with Gasteiger partial charge in [0.1, 0.15) is 10.9 Å². The summed E-state index contributed by atoms with van der Waals surface area (Å²) in [5, 5.41) is -0.391. The number of aromatic nitrogens is 1. The number of carbonyl (C=O) groups excluding carboxylic acids is 3. The van der Waals surface area contributed by atoms with E-state index < -0.39 is 22.4 Å². The fraction of sp³-hybridized carbons (Fsp3) is 0.333. The van der Waals surface area contributed by atoms with Crippen LogP contribution in [-0.4, -0.2) is 21.8 Å². The van der Waals surface area contributed by atoms with Gasteiger partial charge in [-0.1, -0.05) is 30.3 Å². The van der Waals surface area contributed by atoms with Crippen LogP contribution in [0.5, 0.6) is 0 Å². The standard InChI is InChI=1S/C18H18ClNO3S/c1-10-11(2)24-16(20-10)13(15(22)18(3,4)17(19)23)14(21)12-8-6-5-7-9-12/h5-9,13H,1-4H3. The molecule has 1 aromatic heterocycles. The Labute approximate surface area is 149 Å². The molecule has 0 spiro atoms. The van der Waals surface area contributed by atoms with E-state index in [4.69, 9.17) is 11.6 Å². The highest BCUT2D eigenvalue weighted by molar-refractivity contribution is 7.12. The Morgan fingerprint density at radius 2 is 1.71 bits per heavy atom. The van der Waals surface area contributed by atoms with Gasteiger partial charge in [-0.25, -0.2) is 4.98 Å². The van der Waals surface area contributed by atoms with E-state index in [9.17, 15) is 14.4 Å². The lowest BCUT2D eigenvalue weighted by Crippen LogP contribution is -2.37. The average Bonchev–Trinajstić information content (AvgIpc) is 2.86. The molecule has 0 bridgehead atoms. The highest BCUT2D eigenvalue weighted by Crippen LogP contribution is 2.35. The van der Waals surface area contributed by atoms with Crippen molar-refractivity contribution in [3.8, 4) is 0 Å². The van der Waals surface area contributed by atoms with Gasteiger partial charge in [0.15, 0.2) is 11.6 Å². The summed E-state index contributed by atoms with van der Waals surface area (Å²) in [7, 11) is 0. The van der Waals surface area contributed by atoms with Crippen LogP contribution in [0, 0.1) is 19.3 Å². The normalized spacial score (nSPS) is 12.7. The zero-order valence-corrected chi connectivity index (χ0v) is 15.5. The Bertz CT molecular complexity index is 776. The monoisotopic (exact) mass is 363 g/mol. The minimum atomic E-state index is -1.47. The molecule has 0 radical (unpaired) electrons. The molecule has 0 amide bonds. The van der Waals surface area contributed by atoms with Crippen molar-refractivity contribution in [2.24, 2.45) is 5.41 Å². The Morgan fingerprint density at radius 3 is 2.17 bits per heavy atom. The van der Waals surface area contributed by atoms with Crippen LogP contribution in [0.4, 0.5) is 0 Å². The van der Waals surface area contributed by atoms with Crippen LogP contribution in [-0.2, 0) is 9.59 Å². The summed E-state index contributed by atoms with van der Waals surface area (Å²) < 4.78 is 0. The summed E-state index contributed by atoms with van der Waals surface area (Å²) >= 11 is 6.89. The van der Waals surface area contributed by atoms with Crippen LogP contribution < -0.4 is 0 Å². The van der Waals surface area contributed by atoms with Gasteiger partial charge in [-0.3, -0.25) is 14.4 Å². The van der Waals surface area contributed by atoms with E-state index in [0.29, 0.717) is 10.6 Å². The lowest BCUT2D eigenvalue weighted by molar-refractivity contribution is -0.134. The van der Waals surface area contributed by atoms with E-state index in [1.807, 2.05) is 13.8 Å². The molecule has 4 nitrogen and oxygen atoms in total. The maximum atomic E-state index is 13.0. The van der Waals surface area contributed by atoms with E-state index in [1.54, 1.807) is 30.3 Å². The molecule has 1 atom stereocenters. The van der Waals surface area contributed by atoms with Crippen molar-refractivity contribution in [3.63, 3.8) is 0 Å². The maximum Gasteiger partial charge on any atom is 0.234 e. The van der Waals surface area contributed by atoms with Crippen molar-refractivity contribution in [2.45, 2.75) is 33.6 Å². The number of halogens is 1. The van der Waals surface area contributed by atoms with Gasteiger partial charge >= 0.3 is 0 Å². The van der Waals surface area contributed by atoms with Crippen molar-refractivity contribution in [3.05, 3.63) is 51.5 Å². The first-order chi connectivity index (χ1) is 11.2. The van der Waals surface area contributed by atoms with Crippen LogP contribution in [0.3, 0.4) is 0 Å². The molecule has 0 fully saturated rings. The largest absolute Gasteiger partial charge is 0.297 e. The number of hydrogen-bond donors (Lipinski definition) is 0. The number of ketones is 2. The predicted octanol–water partition coefficient (Wildman–Crippen LogP) is 4.09. The SMILES string of the molecule is Cc1nc(C(C(=O)c2ccccc2)C(=O)C(C)(C)C(=O)Cl)sc1C. The van der Waals surface area contributed by atoms with Gasteiger partial charge in [0.05, 0.1) is 11.1 Å². The maximum absolute atomic E-state index is 13.0. The number of thiazole rings is 1. The van der Waals surface area contributed by atoms with E-state index in [1.165, 1.54) is 25.2 Å². The first-order valence-electron chi connectivity index (χ1n) is 7.43. The van der Waals surface area contributed by atoms with Crippen molar-refractivity contribution >= 4 is 39.7 Å². The lowest BCUT2D eigenvalue weighted by Gasteiger charge is -2.23. The number of hydrogen-bond acceptors (Lipinski definition) is 5. The number of benzene rings is 1. The van der Waals surface area contributed by atoms with E-state index >= 15 is 0 Å². The quantitative estimate of drug-likeness (QED) is 0.440. The average molecular weight is 364 g/mol. The van der Waals surface area contributed by atoms with Gasteiger partial charge in [-0.2, -0.15) is 0 Å². The minimum Gasteiger partial charge on any atom is -0.297 e. The van der Waals surface area contributed by atoms with E-state index in [-0.39, 0.29) is 5.78 Å². The highest BCUT2D eigenvalue weighted by atomic mass is 35.5. The number of aryl methyl sites for hydroxylation is 2. The smallest absolute Gasteiger partial charge is 0.234 e. The molecular formula is C18H18ClNO3S. The van der Waals surface area contributed by atoms with Crippen LogP contribution in [0.1, 0.15) is 45.7 Å². The fourth-order valence-corrected chi connectivity index (χ4v) is 3.31. The molecule has 126 valence electrons. The minimum absolute atomic E-state index is 0.375. The number of nitrogens with zero attached hydrogens (tertiary/aromatic N) is 1. The first-order valence-corrected chi connectivity index (χ1v) is 8.63. The molecule has 2 aromatic rings. The van der Waals surface area contributed by atoms with Gasteiger partial charge in [-0.05, 0) is 39.3 Å². The summed E-state index contributed by atoms with van der Waals surface area (Å²) in [4.78, 5) is 42.9. The summed E-state index contributed by atoms with van der Waals surface area (Å²) in [5.74, 6) is -2.05. The van der Waals surface area contributed by atoms with Crippen LogP contribution in [0.15, 0.2) is 30.3 Å². The van der Waals surface area contributed by atoms with Gasteiger partial charge in [0.25, 0.3) is 0 Å². The first kappa shape index (κ1) is 18.5. The van der Waals surface area contributed by atoms with Gasteiger partial charge in [-0.15, -0.1) is 11.3 Å². The predicted molar refractivity (Wildman–Crippen MR) is 94.7 cm³/mol. The van der Waals surface area contributed by atoms with E-state index in [0.717, 1.165) is 10.6 Å². The molecule has 1 heterocycles. The molecule has 0 aliphatic heterocycles. The summed E-state index contributed by atoms with van der Waals surface area (Å²) in [6.45, 7) is 6.57. The van der Waals surface area contributed by atoms with Crippen molar-refractivity contribution in [2.75, 3.05) is 0 Å². The number of rotatable bonds is 6. The Balaban J connectivity index is 2.56. The highest BCUT2D eigenvalue weighted by Gasteiger charge is 2.44. The molecule has 1 aromatic carbocycles. The molecule has 24 heavy (non-hydrogen) atoms. The number of Topliss-reactive ketones (excluding diaryl/α,β-unsaturated/α-hetero) is 2. The Kier molecular flexibility index (Phi) is 5.35. The second kappa shape index (κ2) is 6.95. The summed E-state index contributed by atoms with van der Waals surface area (Å²) in [6, 6.07) is 8.53.